The second-order valence-electron chi connectivity index (χ2n) is 0.272. The van der Waals surface area contributed by atoms with E-state index in [2.05, 4.69) is 25.3 Å². The molecule has 0 saturated carbocycles. The first kappa shape index (κ1) is 4.18. The molecule has 0 aliphatic rings. The zero-order valence-electron chi connectivity index (χ0n) is 1.97. The molecule has 0 bridgehead atoms. The number of hydrogen-bond acceptors (Lipinski definition) is 0. The van der Waals surface area contributed by atoms with Crippen LogP contribution in [0.15, 0.2) is 10.8 Å². The van der Waals surface area contributed by atoms with Crippen molar-refractivity contribution in [3.8, 4) is 0 Å². The van der Waals surface area contributed by atoms with Gasteiger partial charge in [-0.25, -0.2) is 0 Å². The van der Waals surface area contributed by atoms with Gasteiger partial charge < -0.3 is 0 Å². The van der Waals surface area contributed by atoms with Gasteiger partial charge in [0.05, 0.1) is 0 Å². The lowest BCUT2D eigenvalue weighted by molar-refractivity contribution is 2.61. The van der Waals surface area contributed by atoms with Gasteiger partial charge in [-0.2, -0.15) is 0 Å². The van der Waals surface area contributed by atoms with E-state index >= 15 is 0 Å². The SMILES string of the molecule is [S]/C=C\[S]. The summed E-state index contributed by atoms with van der Waals surface area (Å²) in [5.41, 5.74) is 0. The normalized spacial score (nSPS) is 9.00. The zero-order chi connectivity index (χ0) is 3.41. The van der Waals surface area contributed by atoms with Crippen LogP contribution in [-0.2, 0) is 0 Å². The Bertz CT molecular complexity index is 19.2. The molecule has 0 aliphatic heterocycles. The topological polar surface area (TPSA) is 0 Å². The molecule has 0 nitrogen and oxygen atoms in total. The predicted octanol–water partition coefficient (Wildman–Crippen LogP) is 1.85. The highest BCUT2D eigenvalue weighted by atomic mass is 32.1. The third-order valence-corrected chi connectivity index (χ3v) is 0.500. The van der Waals surface area contributed by atoms with E-state index in [9.17, 15) is 0 Å². The van der Waals surface area contributed by atoms with Crippen LogP contribution in [0.5, 0.6) is 0 Å². The molecule has 0 N–H and O–H groups in total. The standard InChI is InChI=1S/C2H2S2/c3-1-2-4/h1-2H/b2-1-. The van der Waals surface area contributed by atoms with E-state index in [-0.39, 0.29) is 0 Å². The van der Waals surface area contributed by atoms with Gasteiger partial charge in [0.1, 0.15) is 0 Å². The summed E-state index contributed by atoms with van der Waals surface area (Å²) in [6.45, 7) is 0. The van der Waals surface area contributed by atoms with Crippen molar-refractivity contribution in [3.05, 3.63) is 10.8 Å². The van der Waals surface area contributed by atoms with Gasteiger partial charge in [0, 0.05) is 10.8 Å². The van der Waals surface area contributed by atoms with Gasteiger partial charge in [-0.15, -0.1) is 0 Å². The summed E-state index contributed by atoms with van der Waals surface area (Å²) < 4.78 is 0. The lowest BCUT2D eigenvalue weighted by Crippen LogP contribution is -1.12. The van der Waals surface area contributed by atoms with E-state index in [1.807, 2.05) is 0 Å². The molecular weight excluding hydrogens is 88.2 g/mol. The largest absolute Gasteiger partial charge is 0.0878 e. The number of hydrogen-bond donors (Lipinski definition) is 0. The van der Waals surface area contributed by atoms with Crippen molar-refractivity contribution in [2.75, 3.05) is 0 Å². The monoisotopic (exact) mass is 90.0 g/mol. The molecule has 2 heteroatoms. The van der Waals surface area contributed by atoms with E-state index in [1.54, 1.807) is 0 Å². The van der Waals surface area contributed by atoms with Crippen molar-refractivity contribution >= 4 is 25.3 Å². The Morgan fingerprint density at radius 1 is 1.00 bits per heavy atom. The van der Waals surface area contributed by atoms with Gasteiger partial charge in [0.2, 0.25) is 0 Å². The van der Waals surface area contributed by atoms with Crippen LogP contribution in [0.25, 0.3) is 0 Å². The van der Waals surface area contributed by atoms with Crippen LogP contribution < -0.4 is 0 Å². The van der Waals surface area contributed by atoms with Gasteiger partial charge >= 0.3 is 0 Å². The molecule has 0 spiro atoms. The van der Waals surface area contributed by atoms with E-state index < -0.39 is 0 Å². The Kier molecular flexibility index (Phi) is 3.32. The third-order valence-electron chi connectivity index (χ3n) is 0.0556. The van der Waals surface area contributed by atoms with Crippen LogP contribution in [0.4, 0.5) is 0 Å². The molecule has 2 radical (unpaired) electrons. The maximum atomic E-state index is 4.27. The summed E-state index contributed by atoms with van der Waals surface area (Å²) in [5, 5.41) is 2.80. The van der Waals surface area contributed by atoms with Gasteiger partial charge in [0.25, 0.3) is 0 Å². The highest BCUT2D eigenvalue weighted by Crippen LogP contribution is 1.76. The molecule has 0 atom stereocenters. The highest BCUT2D eigenvalue weighted by molar-refractivity contribution is 7.87. The summed E-state index contributed by atoms with van der Waals surface area (Å²) in [6, 6.07) is 0. The number of rotatable bonds is 0. The average Bonchev–Trinajstić information content (AvgIpc) is 1.37. The molecule has 0 aromatic rings. The van der Waals surface area contributed by atoms with Gasteiger partial charge in [0.15, 0.2) is 0 Å². The van der Waals surface area contributed by atoms with Crippen molar-refractivity contribution < 1.29 is 0 Å². The molecule has 4 heavy (non-hydrogen) atoms. The van der Waals surface area contributed by atoms with Gasteiger partial charge in [-0.3, -0.25) is 0 Å². The van der Waals surface area contributed by atoms with Crippen LogP contribution in [0, 0.1) is 0 Å². The lowest BCUT2D eigenvalue weighted by atomic mass is 11.3. The highest BCUT2D eigenvalue weighted by Gasteiger charge is 1.40. The first-order valence-electron chi connectivity index (χ1n) is 0.805. The second kappa shape index (κ2) is 3.18. The van der Waals surface area contributed by atoms with Gasteiger partial charge in [-0.05, 0) is 0 Å². The fourth-order valence-corrected chi connectivity index (χ4v) is 0. The minimum atomic E-state index is 1.40. The third kappa shape index (κ3) is 2.18. The fourth-order valence-electron chi connectivity index (χ4n) is 0. The molecule has 0 saturated heterocycles. The molecule has 0 amide bonds. The summed E-state index contributed by atoms with van der Waals surface area (Å²) in [6.07, 6.45) is 0. The first-order chi connectivity index (χ1) is 1.91. The van der Waals surface area contributed by atoms with E-state index in [0.29, 0.717) is 0 Å². The molecular formula is C2H2S2. The van der Waals surface area contributed by atoms with Crippen molar-refractivity contribution in [2.45, 2.75) is 0 Å². The van der Waals surface area contributed by atoms with Crippen LogP contribution in [0.3, 0.4) is 0 Å². The van der Waals surface area contributed by atoms with Crippen LogP contribution in [-0.4, -0.2) is 0 Å². The summed E-state index contributed by atoms with van der Waals surface area (Å²) >= 11 is 8.54. The maximum Gasteiger partial charge on any atom is 0.0121 e. The van der Waals surface area contributed by atoms with Crippen LogP contribution >= 0.6 is 25.3 Å². The minimum absolute atomic E-state index is 1.40. The Labute approximate surface area is 36.7 Å². The molecule has 0 aromatic carbocycles. The van der Waals surface area contributed by atoms with Crippen molar-refractivity contribution in [2.24, 2.45) is 0 Å². The smallest absolute Gasteiger partial charge is 0.0121 e. The van der Waals surface area contributed by atoms with Crippen molar-refractivity contribution in [1.82, 2.24) is 0 Å². The van der Waals surface area contributed by atoms with Crippen molar-refractivity contribution in [3.63, 3.8) is 0 Å². The second-order valence-corrected chi connectivity index (χ2v) is 0.816. The Morgan fingerprint density at radius 3 is 1.25 bits per heavy atom. The summed E-state index contributed by atoms with van der Waals surface area (Å²) in [5.74, 6) is 0. The Morgan fingerprint density at radius 2 is 1.25 bits per heavy atom. The van der Waals surface area contributed by atoms with Crippen LogP contribution in [0.2, 0.25) is 0 Å². The Balaban J connectivity index is 2.55. The van der Waals surface area contributed by atoms with Crippen molar-refractivity contribution in [1.29, 1.82) is 0 Å². The molecule has 0 aromatic heterocycles. The van der Waals surface area contributed by atoms with E-state index in [0.717, 1.165) is 0 Å². The minimum Gasteiger partial charge on any atom is -0.0878 e. The molecule has 0 unspecified atom stereocenters. The van der Waals surface area contributed by atoms with Gasteiger partial charge in [-0.1, -0.05) is 25.3 Å². The quantitative estimate of drug-likeness (QED) is 0.426. The molecule has 0 heterocycles. The molecule has 0 aliphatic carbocycles. The molecule has 22 valence electrons. The van der Waals surface area contributed by atoms with E-state index in [1.165, 1.54) is 10.8 Å². The summed E-state index contributed by atoms with van der Waals surface area (Å²) in [7, 11) is 0. The van der Waals surface area contributed by atoms with E-state index in [4.69, 9.17) is 0 Å². The maximum absolute atomic E-state index is 4.27. The predicted molar refractivity (Wildman–Crippen MR) is 24.3 cm³/mol. The molecule has 0 fully saturated rings. The molecule has 0 rings (SSSR count). The lowest BCUT2D eigenvalue weighted by Gasteiger charge is -1.44. The first-order valence-corrected chi connectivity index (χ1v) is 1.75. The average molecular weight is 90.2 g/mol. The summed E-state index contributed by atoms with van der Waals surface area (Å²) in [4.78, 5) is 0. The Hall–Kier alpha value is 0.180. The fraction of sp³-hybridized carbons (Fsp3) is 0. The van der Waals surface area contributed by atoms with Crippen LogP contribution in [0.1, 0.15) is 0 Å². The zero-order valence-corrected chi connectivity index (χ0v) is 3.60.